The molecule has 5 nitrogen and oxygen atoms in total. The van der Waals surface area contributed by atoms with Gasteiger partial charge in [0.2, 0.25) is 0 Å². The van der Waals surface area contributed by atoms with E-state index >= 15 is 0 Å². The van der Waals surface area contributed by atoms with Gasteiger partial charge in [0.1, 0.15) is 10.8 Å². The van der Waals surface area contributed by atoms with Crippen LogP contribution >= 0.6 is 48.0 Å². The van der Waals surface area contributed by atoms with Gasteiger partial charge in [-0.25, -0.2) is 0 Å². The van der Waals surface area contributed by atoms with E-state index < -0.39 is 0 Å². The third-order valence-electron chi connectivity index (χ3n) is 2.78. The highest BCUT2D eigenvalue weighted by molar-refractivity contribution is 8.04. The lowest BCUT2D eigenvalue weighted by Crippen LogP contribution is -2.37. The summed E-state index contributed by atoms with van der Waals surface area (Å²) in [6.07, 6.45) is 0. The van der Waals surface area contributed by atoms with Gasteiger partial charge < -0.3 is 16.0 Å². The third kappa shape index (κ3) is 8.76. The minimum atomic E-state index is 0.356. The van der Waals surface area contributed by atoms with E-state index in [0.29, 0.717) is 10.2 Å². The van der Waals surface area contributed by atoms with Crippen molar-refractivity contribution in [2.24, 2.45) is 0 Å². The minimum Gasteiger partial charge on any atom is -0.332 e. The molecular weight excluding hydrogens is 415 g/mol. The number of nitrogens with one attached hydrogen (secondary N) is 3. The standard InChI is InChI=1S/C16H11N5S4.C2H6/c17-9-24-13-5-1-11(2-6-13)19-15(22)21-16(23)20-12-3-7-14(8-4-12)25-10-18;1-2/h1-8H,(H3,19,20,21,22,23);1-2H3. The molecule has 0 aromatic heterocycles. The predicted octanol–water partition coefficient (Wildman–Crippen LogP) is 5.54. The Labute approximate surface area is 178 Å². The topological polar surface area (TPSA) is 83.7 Å². The molecule has 0 amide bonds. The lowest BCUT2D eigenvalue weighted by Gasteiger charge is -2.13. The maximum Gasteiger partial charge on any atom is 0.177 e. The molecule has 2 rings (SSSR count). The second kappa shape index (κ2) is 13.0. The fraction of sp³-hybridized carbons (Fsp3) is 0.111. The monoisotopic (exact) mass is 431 g/mol. The summed E-state index contributed by atoms with van der Waals surface area (Å²) in [5.41, 5.74) is 1.58. The first-order valence-corrected chi connectivity index (χ1v) is 10.3. The molecular formula is C18H17N5S4. The van der Waals surface area contributed by atoms with E-state index in [1.807, 2.05) is 73.2 Å². The lowest BCUT2D eigenvalue weighted by atomic mass is 10.3. The van der Waals surface area contributed by atoms with E-state index in [1.54, 1.807) is 0 Å². The molecule has 0 atom stereocenters. The number of anilines is 2. The van der Waals surface area contributed by atoms with Crippen molar-refractivity contribution < 1.29 is 0 Å². The summed E-state index contributed by atoms with van der Waals surface area (Å²) in [6.45, 7) is 4.00. The zero-order valence-corrected chi connectivity index (χ0v) is 17.9. The second-order valence-corrected chi connectivity index (χ2v) is 7.00. The van der Waals surface area contributed by atoms with Crippen molar-refractivity contribution >= 4 is 69.6 Å². The van der Waals surface area contributed by atoms with E-state index in [2.05, 4.69) is 16.0 Å². The summed E-state index contributed by atoms with van der Waals surface area (Å²) in [4.78, 5) is 1.73. The highest BCUT2D eigenvalue weighted by Crippen LogP contribution is 2.20. The first-order valence-electron chi connectivity index (χ1n) is 7.81. The lowest BCUT2D eigenvalue weighted by molar-refractivity contribution is 1.38. The van der Waals surface area contributed by atoms with E-state index in [9.17, 15) is 0 Å². The highest BCUT2D eigenvalue weighted by Gasteiger charge is 2.03. The molecule has 138 valence electrons. The van der Waals surface area contributed by atoms with Crippen molar-refractivity contribution in [2.45, 2.75) is 23.6 Å². The summed E-state index contributed by atoms with van der Waals surface area (Å²) in [5, 5.41) is 30.9. The zero-order valence-electron chi connectivity index (χ0n) is 14.6. The van der Waals surface area contributed by atoms with E-state index in [4.69, 9.17) is 35.0 Å². The molecule has 2 aromatic carbocycles. The Kier molecular flexibility index (Phi) is 10.9. The van der Waals surface area contributed by atoms with Gasteiger partial charge in [0.25, 0.3) is 0 Å². The minimum absolute atomic E-state index is 0.356. The number of nitriles is 2. The average molecular weight is 432 g/mol. The Hall–Kier alpha value is -2.30. The van der Waals surface area contributed by atoms with Gasteiger partial charge in [0.15, 0.2) is 10.2 Å². The number of hydrogen-bond donors (Lipinski definition) is 3. The molecule has 0 bridgehead atoms. The van der Waals surface area contributed by atoms with Crippen LogP contribution in [0.25, 0.3) is 0 Å². The smallest absolute Gasteiger partial charge is 0.177 e. The van der Waals surface area contributed by atoms with Crippen molar-refractivity contribution in [3.63, 3.8) is 0 Å². The van der Waals surface area contributed by atoms with Gasteiger partial charge in [-0.2, -0.15) is 10.5 Å². The highest BCUT2D eigenvalue weighted by atomic mass is 32.2. The number of nitrogens with zero attached hydrogens (tertiary/aromatic N) is 2. The van der Waals surface area contributed by atoms with Crippen LogP contribution < -0.4 is 16.0 Å². The van der Waals surface area contributed by atoms with Crippen LogP contribution in [0.2, 0.25) is 0 Å². The van der Waals surface area contributed by atoms with Crippen LogP contribution in [-0.4, -0.2) is 10.2 Å². The Balaban J connectivity index is 0.00000176. The van der Waals surface area contributed by atoms with E-state index in [1.165, 1.54) is 0 Å². The molecule has 27 heavy (non-hydrogen) atoms. The molecule has 0 aliphatic carbocycles. The van der Waals surface area contributed by atoms with Crippen molar-refractivity contribution in [1.82, 2.24) is 5.32 Å². The average Bonchev–Trinajstić information content (AvgIpc) is 2.67. The SMILES string of the molecule is CC.N#CSc1ccc(NC(=S)NC(=S)Nc2ccc(SC#N)cc2)cc1. The largest absolute Gasteiger partial charge is 0.332 e. The fourth-order valence-electron chi connectivity index (χ4n) is 1.75. The van der Waals surface area contributed by atoms with Crippen molar-refractivity contribution in [3.8, 4) is 10.8 Å². The number of thiocarbonyl (C=S) groups is 2. The Morgan fingerprint density at radius 1 is 0.741 bits per heavy atom. The van der Waals surface area contributed by atoms with Crippen LogP contribution in [0, 0.1) is 21.3 Å². The molecule has 0 spiro atoms. The number of thioether (sulfide) groups is 2. The molecule has 9 heteroatoms. The first kappa shape index (κ1) is 22.7. The Morgan fingerprint density at radius 3 is 1.37 bits per heavy atom. The fourth-order valence-corrected chi connectivity index (χ4v) is 3.01. The number of hydrogen-bond acceptors (Lipinski definition) is 6. The van der Waals surface area contributed by atoms with Crippen molar-refractivity contribution in [2.75, 3.05) is 10.6 Å². The van der Waals surface area contributed by atoms with Crippen LogP contribution in [0.5, 0.6) is 0 Å². The van der Waals surface area contributed by atoms with Crippen LogP contribution in [0.3, 0.4) is 0 Å². The summed E-state index contributed by atoms with van der Waals surface area (Å²) >= 11 is 12.6. The van der Waals surface area contributed by atoms with Crippen LogP contribution in [0.1, 0.15) is 13.8 Å². The number of rotatable bonds is 4. The van der Waals surface area contributed by atoms with Gasteiger partial charge in [-0.05, 0) is 96.5 Å². The first-order chi connectivity index (χ1) is 13.1. The molecule has 0 saturated carbocycles. The zero-order chi connectivity index (χ0) is 20.1. The van der Waals surface area contributed by atoms with Crippen LogP contribution in [0.15, 0.2) is 58.3 Å². The van der Waals surface area contributed by atoms with Crippen molar-refractivity contribution in [3.05, 3.63) is 48.5 Å². The molecule has 0 aliphatic rings. The van der Waals surface area contributed by atoms with Gasteiger partial charge in [0, 0.05) is 21.2 Å². The van der Waals surface area contributed by atoms with E-state index in [-0.39, 0.29) is 0 Å². The molecule has 0 unspecified atom stereocenters. The van der Waals surface area contributed by atoms with Gasteiger partial charge >= 0.3 is 0 Å². The van der Waals surface area contributed by atoms with Gasteiger partial charge in [-0.15, -0.1) is 0 Å². The maximum atomic E-state index is 8.63. The summed E-state index contributed by atoms with van der Waals surface area (Å²) in [7, 11) is 0. The van der Waals surface area contributed by atoms with Crippen LogP contribution in [-0.2, 0) is 0 Å². The normalized spacial score (nSPS) is 8.89. The van der Waals surface area contributed by atoms with Gasteiger partial charge in [-0.3, -0.25) is 0 Å². The van der Waals surface area contributed by atoms with E-state index in [0.717, 1.165) is 44.7 Å². The van der Waals surface area contributed by atoms with Crippen LogP contribution in [0.4, 0.5) is 11.4 Å². The molecule has 2 aromatic rings. The quantitative estimate of drug-likeness (QED) is 0.328. The molecule has 0 aliphatic heterocycles. The Bertz CT molecular complexity index is 765. The second-order valence-electron chi connectivity index (χ2n) is 4.47. The molecule has 0 saturated heterocycles. The summed E-state index contributed by atoms with van der Waals surface area (Å²) < 4.78 is 0. The number of benzene rings is 2. The molecule has 0 heterocycles. The number of thiocyanates is 2. The maximum absolute atomic E-state index is 8.63. The predicted molar refractivity (Wildman–Crippen MR) is 123 cm³/mol. The van der Waals surface area contributed by atoms with Gasteiger partial charge in [0.05, 0.1) is 0 Å². The molecule has 3 N–H and O–H groups in total. The third-order valence-corrected chi connectivity index (χ3v) is 4.38. The van der Waals surface area contributed by atoms with Gasteiger partial charge in [-0.1, -0.05) is 13.8 Å². The van der Waals surface area contributed by atoms with Crippen molar-refractivity contribution in [1.29, 1.82) is 10.5 Å². The Morgan fingerprint density at radius 2 is 1.07 bits per heavy atom. The molecule has 0 radical (unpaired) electrons. The molecule has 0 fully saturated rings. The summed E-state index contributed by atoms with van der Waals surface area (Å²) in [6, 6.07) is 14.6. The summed E-state index contributed by atoms with van der Waals surface area (Å²) in [5.74, 6) is 0.